The van der Waals surface area contributed by atoms with Crippen molar-refractivity contribution in [2.24, 2.45) is 5.41 Å². The van der Waals surface area contributed by atoms with Gasteiger partial charge in [0.2, 0.25) is 0 Å². The third kappa shape index (κ3) is 3.76. The molecule has 200 valence electrons. The standard InChI is InChI=1S/C29H35FN6O2/c1-27(15-31)16-35(17-27)25-22-14-38-29(8-2-4-19-5-6-21(32)10-23(19)29)12-24(22)33-26(34-25)37-18-28-7-3-9-36(28)13-20(30)11-28/h5-6,10,20H,2-4,7-9,11-14,16-18,32H2,1H3/t20-,28+,29+/m1/s1. The average Bonchev–Trinajstić information content (AvgIpc) is 3.41. The number of hydrogen-bond acceptors (Lipinski definition) is 8. The van der Waals surface area contributed by atoms with Crippen LogP contribution >= 0.6 is 0 Å². The molecule has 1 aromatic carbocycles. The fraction of sp³-hybridized carbons (Fsp3) is 0.621. The first kappa shape index (κ1) is 24.1. The smallest absolute Gasteiger partial charge is 0.318 e. The second-order valence-electron chi connectivity index (χ2n) is 12.4. The van der Waals surface area contributed by atoms with Gasteiger partial charge in [0.15, 0.2) is 0 Å². The first-order valence-corrected chi connectivity index (χ1v) is 13.9. The molecule has 8 nitrogen and oxygen atoms in total. The minimum Gasteiger partial charge on any atom is -0.461 e. The zero-order valence-electron chi connectivity index (χ0n) is 22.0. The van der Waals surface area contributed by atoms with Crippen LogP contribution in [0.25, 0.3) is 0 Å². The zero-order chi connectivity index (χ0) is 26.1. The Morgan fingerprint density at radius 3 is 2.97 bits per heavy atom. The first-order chi connectivity index (χ1) is 18.3. The highest BCUT2D eigenvalue weighted by Crippen LogP contribution is 2.48. The molecule has 0 amide bonds. The Bertz CT molecular complexity index is 1320. The highest BCUT2D eigenvalue weighted by Gasteiger charge is 2.50. The van der Waals surface area contributed by atoms with Crippen LogP contribution < -0.4 is 15.4 Å². The predicted molar refractivity (Wildman–Crippen MR) is 140 cm³/mol. The van der Waals surface area contributed by atoms with E-state index in [1.54, 1.807) is 0 Å². The lowest BCUT2D eigenvalue weighted by Gasteiger charge is -2.47. The maximum atomic E-state index is 14.3. The van der Waals surface area contributed by atoms with Crippen molar-refractivity contribution >= 4 is 11.5 Å². The molecule has 0 unspecified atom stereocenters. The number of ether oxygens (including phenoxy) is 2. The van der Waals surface area contributed by atoms with Crippen molar-refractivity contribution in [3.05, 3.63) is 40.6 Å². The molecule has 38 heavy (non-hydrogen) atoms. The molecule has 2 N–H and O–H groups in total. The minimum atomic E-state index is -0.806. The summed E-state index contributed by atoms with van der Waals surface area (Å²) < 4.78 is 27.4. The first-order valence-electron chi connectivity index (χ1n) is 13.9. The van der Waals surface area contributed by atoms with Gasteiger partial charge < -0.3 is 20.1 Å². The number of rotatable bonds is 4. The van der Waals surface area contributed by atoms with Gasteiger partial charge in [-0.3, -0.25) is 4.90 Å². The van der Waals surface area contributed by atoms with Crippen LogP contribution in [-0.4, -0.2) is 59.4 Å². The molecule has 1 spiro atoms. The van der Waals surface area contributed by atoms with E-state index in [-0.39, 0.29) is 5.54 Å². The van der Waals surface area contributed by atoms with Gasteiger partial charge in [0.25, 0.3) is 0 Å². The molecule has 4 aliphatic heterocycles. The molecule has 1 aliphatic carbocycles. The van der Waals surface area contributed by atoms with Gasteiger partial charge in [0.05, 0.1) is 34.9 Å². The number of benzene rings is 1. The number of nitriles is 1. The van der Waals surface area contributed by atoms with Gasteiger partial charge in [-0.15, -0.1) is 0 Å². The van der Waals surface area contributed by atoms with E-state index in [4.69, 9.17) is 25.2 Å². The van der Waals surface area contributed by atoms with Crippen LogP contribution in [0.5, 0.6) is 6.01 Å². The third-order valence-corrected chi connectivity index (χ3v) is 9.53. The van der Waals surface area contributed by atoms with Crippen LogP contribution in [0.15, 0.2) is 18.2 Å². The van der Waals surface area contributed by atoms with Crippen molar-refractivity contribution in [2.45, 2.75) is 75.8 Å². The number of fused-ring (bicyclic) bond motifs is 4. The number of nitrogens with two attached hydrogens (primary N) is 1. The number of aryl methyl sites for hydroxylation is 1. The molecule has 9 heteroatoms. The van der Waals surface area contributed by atoms with Gasteiger partial charge >= 0.3 is 6.01 Å². The fourth-order valence-electron chi connectivity index (χ4n) is 7.58. The van der Waals surface area contributed by atoms with Crippen molar-refractivity contribution in [3.8, 4) is 12.1 Å². The molecular weight excluding hydrogens is 483 g/mol. The zero-order valence-corrected chi connectivity index (χ0v) is 22.0. The lowest BCUT2D eigenvalue weighted by atomic mass is 9.74. The number of halogens is 1. The summed E-state index contributed by atoms with van der Waals surface area (Å²) >= 11 is 0. The molecule has 0 saturated carbocycles. The van der Waals surface area contributed by atoms with E-state index in [1.165, 1.54) is 11.1 Å². The minimum absolute atomic E-state index is 0.265. The van der Waals surface area contributed by atoms with E-state index in [9.17, 15) is 9.65 Å². The van der Waals surface area contributed by atoms with Crippen LogP contribution in [0.4, 0.5) is 15.9 Å². The van der Waals surface area contributed by atoms with Crippen LogP contribution in [0.2, 0.25) is 0 Å². The molecule has 5 aliphatic rings. The summed E-state index contributed by atoms with van der Waals surface area (Å²) in [5, 5.41) is 9.59. The molecule has 5 heterocycles. The Hall–Kier alpha value is -2.96. The summed E-state index contributed by atoms with van der Waals surface area (Å²) in [6.07, 6.45) is 5.30. The summed E-state index contributed by atoms with van der Waals surface area (Å²) in [7, 11) is 0. The number of hydrogen-bond donors (Lipinski definition) is 1. The van der Waals surface area contributed by atoms with Gasteiger partial charge in [-0.25, -0.2) is 4.39 Å². The molecule has 3 atom stereocenters. The molecule has 0 bridgehead atoms. The van der Waals surface area contributed by atoms with E-state index < -0.39 is 17.2 Å². The van der Waals surface area contributed by atoms with Gasteiger partial charge in [-0.1, -0.05) is 6.07 Å². The monoisotopic (exact) mass is 518 g/mol. The molecule has 3 fully saturated rings. The maximum absolute atomic E-state index is 14.3. The van der Waals surface area contributed by atoms with E-state index in [0.717, 1.165) is 61.4 Å². The van der Waals surface area contributed by atoms with E-state index in [0.29, 0.717) is 51.7 Å². The summed E-state index contributed by atoms with van der Waals surface area (Å²) in [5.74, 6) is 0.798. The lowest BCUT2D eigenvalue weighted by molar-refractivity contribution is -0.0856. The van der Waals surface area contributed by atoms with Crippen LogP contribution in [0.3, 0.4) is 0 Å². The quantitative estimate of drug-likeness (QED) is 0.612. The largest absolute Gasteiger partial charge is 0.461 e. The topological polar surface area (TPSA) is 101 Å². The Kier molecular flexibility index (Phi) is 5.41. The Balaban J connectivity index is 1.23. The van der Waals surface area contributed by atoms with E-state index in [1.807, 2.05) is 13.0 Å². The number of alkyl halides is 1. The summed E-state index contributed by atoms with van der Waals surface area (Å²) in [6.45, 7) is 5.40. The van der Waals surface area contributed by atoms with Crippen LogP contribution in [0, 0.1) is 16.7 Å². The van der Waals surface area contributed by atoms with Crippen molar-refractivity contribution in [2.75, 3.05) is 43.4 Å². The number of nitrogen functional groups attached to an aromatic ring is 1. The maximum Gasteiger partial charge on any atom is 0.318 e. The normalized spacial score (nSPS) is 31.3. The molecule has 0 radical (unpaired) electrons. The third-order valence-electron chi connectivity index (χ3n) is 9.53. The summed E-state index contributed by atoms with van der Waals surface area (Å²) in [5.41, 5.74) is 10.2. The van der Waals surface area contributed by atoms with Gasteiger partial charge in [0.1, 0.15) is 18.6 Å². The summed E-state index contributed by atoms with van der Waals surface area (Å²) in [4.78, 5) is 14.2. The highest BCUT2D eigenvalue weighted by atomic mass is 19.1. The number of anilines is 2. The van der Waals surface area contributed by atoms with Crippen molar-refractivity contribution in [1.29, 1.82) is 5.26 Å². The lowest BCUT2D eigenvalue weighted by Crippen LogP contribution is -2.55. The van der Waals surface area contributed by atoms with Gasteiger partial charge in [-0.05, 0) is 68.8 Å². The van der Waals surface area contributed by atoms with Gasteiger partial charge in [-0.2, -0.15) is 15.2 Å². The van der Waals surface area contributed by atoms with E-state index in [2.05, 4.69) is 28.0 Å². The van der Waals surface area contributed by atoms with Crippen molar-refractivity contribution < 1.29 is 13.9 Å². The second kappa shape index (κ2) is 8.52. The number of aromatic nitrogens is 2. The Labute approximate surface area is 222 Å². The highest BCUT2D eigenvalue weighted by molar-refractivity contribution is 5.56. The SMILES string of the molecule is CC1(C#N)CN(c2nc(OC[C@@]34CCCN3C[C@H](F)C4)nc3c2CO[C@@]2(CCCc4ccc(N)cc42)C3)C1. The molecule has 2 aromatic rings. The Morgan fingerprint density at radius 2 is 2.13 bits per heavy atom. The van der Waals surface area contributed by atoms with E-state index >= 15 is 0 Å². The Morgan fingerprint density at radius 1 is 1.26 bits per heavy atom. The van der Waals surface area contributed by atoms with Gasteiger partial charge in [0, 0.05) is 43.7 Å². The predicted octanol–water partition coefficient (Wildman–Crippen LogP) is 3.67. The number of nitrogens with zero attached hydrogens (tertiary/aromatic N) is 5. The molecular formula is C29H35FN6O2. The van der Waals surface area contributed by atoms with Crippen molar-refractivity contribution in [1.82, 2.24) is 14.9 Å². The second-order valence-corrected chi connectivity index (χ2v) is 12.4. The molecule has 7 rings (SSSR count). The summed E-state index contributed by atoms with van der Waals surface area (Å²) in [6, 6.07) is 8.92. The van der Waals surface area contributed by atoms with Crippen LogP contribution in [0.1, 0.15) is 61.4 Å². The molecule has 1 aromatic heterocycles. The fourth-order valence-corrected chi connectivity index (χ4v) is 7.58. The van der Waals surface area contributed by atoms with Crippen molar-refractivity contribution in [3.63, 3.8) is 0 Å². The average molecular weight is 519 g/mol. The molecule has 3 saturated heterocycles. The van der Waals surface area contributed by atoms with Crippen LogP contribution in [-0.2, 0) is 29.8 Å².